The van der Waals surface area contributed by atoms with Crippen molar-refractivity contribution in [3.8, 4) is 11.5 Å². The molecule has 0 heterocycles. The fourth-order valence-corrected chi connectivity index (χ4v) is 4.52. The third-order valence-corrected chi connectivity index (χ3v) is 6.41. The Morgan fingerprint density at radius 2 is 1.67 bits per heavy atom. The fourth-order valence-electron chi connectivity index (χ4n) is 4.52. The average molecular weight is 417 g/mol. The molecule has 0 radical (unpaired) electrons. The first-order valence-corrected chi connectivity index (χ1v) is 12.6. The van der Waals surface area contributed by atoms with Crippen LogP contribution in [0.2, 0.25) is 0 Å². The van der Waals surface area contributed by atoms with Gasteiger partial charge in [-0.25, -0.2) is 0 Å². The van der Waals surface area contributed by atoms with Crippen LogP contribution in [0.5, 0.6) is 11.5 Å². The molecule has 2 rings (SSSR count). The van der Waals surface area contributed by atoms with E-state index in [0.29, 0.717) is 24.2 Å². The van der Waals surface area contributed by atoms with E-state index in [1.54, 1.807) is 0 Å². The van der Waals surface area contributed by atoms with Gasteiger partial charge in [-0.3, -0.25) is 4.79 Å². The number of rotatable bonds is 14. The van der Waals surface area contributed by atoms with E-state index in [1.807, 2.05) is 25.1 Å². The third-order valence-electron chi connectivity index (χ3n) is 6.41. The van der Waals surface area contributed by atoms with Crippen molar-refractivity contribution in [2.24, 2.45) is 5.92 Å². The number of carbonyl (C=O) groups is 1. The molecule has 1 fully saturated rings. The first kappa shape index (κ1) is 24.8. The number of ether oxygens (including phenoxy) is 2. The van der Waals surface area contributed by atoms with E-state index in [1.165, 1.54) is 70.6 Å². The van der Waals surface area contributed by atoms with E-state index in [4.69, 9.17) is 9.47 Å². The molecule has 1 saturated carbocycles. The third kappa shape index (κ3) is 9.10. The van der Waals surface area contributed by atoms with Gasteiger partial charge in [-0.05, 0) is 68.7 Å². The van der Waals surface area contributed by atoms with Gasteiger partial charge in [-0.1, -0.05) is 71.6 Å². The van der Waals surface area contributed by atoms with Crippen LogP contribution in [0.1, 0.15) is 116 Å². The second-order valence-electron chi connectivity index (χ2n) is 9.12. The predicted octanol–water partition coefficient (Wildman–Crippen LogP) is 8.17. The minimum Gasteiger partial charge on any atom is -0.490 e. The van der Waals surface area contributed by atoms with E-state index in [2.05, 4.69) is 13.8 Å². The normalized spacial score (nSPS) is 15.7. The number of unbranched alkanes of at least 4 members (excludes halogenated alkanes) is 6. The summed E-state index contributed by atoms with van der Waals surface area (Å²) in [5.74, 6) is 2.14. The van der Waals surface area contributed by atoms with Crippen LogP contribution in [-0.4, -0.2) is 12.1 Å². The van der Waals surface area contributed by atoms with Crippen LogP contribution in [-0.2, 0) is 4.79 Å². The molecule has 30 heavy (non-hydrogen) atoms. The minimum absolute atomic E-state index is 0.122. The molecule has 3 heteroatoms. The number of aryl methyl sites for hydroxylation is 1. The minimum atomic E-state index is -0.122. The monoisotopic (exact) mass is 416 g/mol. The van der Waals surface area contributed by atoms with Crippen LogP contribution in [0, 0.1) is 12.8 Å². The van der Waals surface area contributed by atoms with Crippen molar-refractivity contribution in [2.45, 2.75) is 123 Å². The Morgan fingerprint density at radius 1 is 0.967 bits per heavy atom. The summed E-state index contributed by atoms with van der Waals surface area (Å²) in [6, 6.07) is 5.93. The van der Waals surface area contributed by atoms with Gasteiger partial charge in [0.25, 0.3) is 0 Å². The van der Waals surface area contributed by atoms with E-state index >= 15 is 0 Å². The SMILES string of the molecule is CCCCCCCC(=O)Oc1ccc(OC(CCCCC)C2CCCCC2)cc1C. The van der Waals surface area contributed by atoms with E-state index in [9.17, 15) is 4.79 Å². The molecular weight excluding hydrogens is 372 g/mol. The molecule has 3 nitrogen and oxygen atoms in total. The van der Waals surface area contributed by atoms with Gasteiger partial charge in [0, 0.05) is 6.42 Å². The van der Waals surface area contributed by atoms with Gasteiger partial charge in [0.2, 0.25) is 0 Å². The van der Waals surface area contributed by atoms with Crippen LogP contribution in [0.25, 0.3) is 0 Å². The predicted molar refractivity (Wildman–Crippen MR) is 125 cm³/mol. The molecule has 0 amide bonds. The second-order valence-corrected chi connectivity index (χ2v) is 9.12. The van der Waals surface area contributed by atoms with Crippen LogP contribution < -0.4 is 9.47 Å². The van der Waals surface area contributed by atoms with Gasteiger partial charge in [0.05, 0.1) is 0 Å². The van der Waals surface area contributed by atoms with Crippen molar-refractivity contribution in [1.82, 2.24) is 0 Å². The topological polar surface area (TPSA) is 35.5 Å². The Bertz CT molecular complexity index is 604. The molecule has 1 atom stereocenters. The van der Waals surface area contributed by atoms with Gasteiger partial charge >= 0.3 is 5.97 Å². The summed E-state index contributed by atoms with van der Waals surface area (Å²) in [4.78, 5) is 12.2. The Hall–Kier alpha value is -1.51. The highest BCUT2D eigenvalue weighted by Gasteiger charge is 2.25. The molecule has 0 N–H and O–H groups in total. The van der Waals surface area contributed by atoms with Gasteiger partial charge in [-0.15, -0.1) is 0 Å². The Morgan fingerprint density at radius 3 is 2.37 bits per heavy atom. The quantitative estimate of drug-likeness (QED) is 0.174. The standard InChI is InChI=1S/C27H44O3/c1-4-6-8-9-14-18-27(28)30-25-20-19-24(21-22(25)3)29-26(17-11-7-5-2)23-15-12-10-13-16-23/h19-21,23,26H,4-18H2,1-3H3. The lowest BCUT2D eigenvalue weighted by Crippen LogP contribution is -2.29. The average Bonchev–Trinajstić information content (AvgIpc) is 2.75. The maximum atomic E-state index is 12.2. The summed E-state index contributed by atoms with van der Waals surface area (Å²) in [7, 11) is 0. The molecular formula is C27H44O3. The summed E-state index contributed by atoms with van der Waals surface area (Å²) in [5, 5.41) is 0. The Kier molecular flexibility index (Phi) is 12.0. The number of hydrogen-bond donors (Lipinski definition) is 0. The van der Waals surface area contributed by atoms with Crippen LogP contribution in [0.4, 0.5) is 0 Å². The molecule has 1 aliphatic carbocycles. The zero-order chi connectivity index (χ0) is 21.6. The molecule has 0 bridgehead atoms. The highest BCUT2D eigenvalue weighted by atomic mass is 16.5. The van der Waals surface area contributed by atoms with E-state index in [0.717, 1.165) is 30.6 Å². The van der Waals surface area contributed by atoms with Crippen LogP contribution in [0.15, 0.2) is 18.2 Å². The van der Waals surface area contributed by atoms with Crippen LogP contribution in [0.3, 0.4) is 0 Å². The zero-order valence-electron chi connectivity index (χ0n) is 19.7. The first-order valence-electron chi connectivity index (χ1n) is 12.6. The number of hydrogen-bond acceptors (Lipinski definition) is 3. The second kappa shape index (κ2) is 14.5. The van der Waals surface area contributed by atoms with Gasteiger partial charge in [0.1, 0.15) is 17.6 Å². The highest BCUT2D eigenvalue weighted by Crippen LogP contribution is 2.33. The maximum Gasteiger partial charge on any atom is 0.311 e. The van der Waals surface area contributed by atoms with Gasteiger partial charge < -0.3 is 9.47 Å². The summed E-state index contributed by atoms with van der Waals surface area (Å²) >= 11 is 0. The Balaban J connectivity index is 1.88. The molecule has 1 aromatic rings. The number of benzene rings is 1. The summed E-state index contributed by atoms with van der Waals surface area (Å²) in [6.07, 6.45) is 18.1. The van der Waals surface area contributed by atoms with Gasteiger partial charge in [0.15, 0.2) is 0 Å². The Labute approximate surface area is 184 Å². The maximum absolute atomic E-state index is 12.2. The molecule has 0 aliphatic heterocycles. The summed E-state index contributed by atoms with van der Waals surface area (Å²) in [6.45, 7) is 6.46. The van der Waals surface area contributed by atoms with E-state index in [-0.39, 0.29) is 5.97 Å². The lowest BCUT2D eigenvalue weighted by atomic mass is 9.83. The van der Waals surface area contributed by atoms with E-state index < -0.39 is 0 Å². The first-order chi connectivity index (χ1) is 14.6. The smallest absolute Gasteiger partial charge is 0.311 e. The molecule has 1 unspecified atom stereocenters. The summed E-state index contributed by atoms with van der Waals surface area (Å²) in [5.41, 5.74) is 0.975. The summed E-state index contributed by atoms with van der Waals surface area (Å²) < 4.78 is 12.1. The molecule has 170 valence electrons. The molecule has 1 aliphatic rings. The number of esters is 1. The zero-order valence-corrected chi connectivity index (χ0v) is 19.7. The molecule has 0 aromatic heterocycles. The van der Waals surface area contributed by atoms with Crippen LogP contribution >= 0.6 is 0 Å². The van der Waals surface area contributed by atoms with Crippen molar-refractivity contribution in [3.05, 3.63) is 23.8 Å². The fraction of sp³-hybridized carbons (Fsp3) is 0.741. The lowest BCUT2D eigenvalue weighted by Gasteiger charge is -2.31. The lowest BCUT2D eigenvalue weighted by molar-refractivity contribution is -0.134. The number of carbonyl (C=O) groups excluding carboxylic acids is 1. The van der Waals surface area contributed by atoms with Crippen molar-refractivity contribution in [2.75, 3.05) is 0 Å². The van der Waals surface area contributed by atoms with Crippen molar-refractivity contribution in [3.63, 3.8) is 0 Å². The van der Waals surface area contributed by atoms with Crippen molar-refractivity contribution >= 4 is 5.97 Å². The largest absolute Gasteiger partial charge is 0.490 e. The van der Waals surface area contributed by atoms with Crippen molar-refractivity contribution < 1.29 is 14.3 Å². The highest BCUT2D eigenvalue weighted by molar-refractivity contribution is 5.72. The molecule has 0 spiro atoms. The molecule has 1 aromatic carbocycles. The molecule has 0 saturated heterocycles. The van der Waals surface area contributed by atoms with Crippen molar-refractivity contribution in [1.29, 1.82) is 0 Å². The van der Waals surface area contributed by atoms with Gasteiger partial charge in [-0.2, -0.15) is 0 Å².